The van der Waals surface area contributed by atoms with Crippen LogP contribution in [0.3, 0.4) is 0 Å². The molecule has 14 heteroatoms. The van der Waals surface area contributed by atoms with E-state index in [9.17, 15) is 21.6 Å². The molecule has 0 saturated carbocycles. The number of pyridine rings is 2. The van der Waals surface area contributed by atoms with Crippen LogP contribution in [0, 0.1) is 0 Å². The Morgan fingerprint density at radius 2 is 1.77 bits per heavy atom. The van der Waals surface area contributed by atoms with Gasteiger partial charge in [-0.15, -0.1) is 0 Å². The fourth-order valence-electron chi connectivity index (χ4n) is 4.10. The lowest BCUT2D eigenvalue weighted by atomic mass is 10.1. The Kier molecular flexibility index (Phi) is 7.44. The van der Waals surface area contributed by atoms with E-state index in [1.165, 1.54) is 41.9 Å². The summed E-state index contributed by atoms with van der Waals surface area (Å²) in [5.41, 5.74) is -0.546. The second-order valence-corrected chi connectivity index (χ2v) is 10.5. The number of rotatable bonds is 7. The van der Waals surface area contributed by atoms with Crippen molar-refractivity contribution in [2.45, 2.75) is 17.7 Å². The van der Waals surface area contributed by atoms with Crippen LogP contribution in [0.4, 0.5) is 24.7 Å². The van der Waals surface area contributed by atoms with E-state index in [0.717, 1.165) is 6.07 Å². The number of nitrogens with one attached hydrogen (secondary N) is 1. The van der Waals surface area contributed by atoms with Gasteiger partial charge in [0, 0.05) is 32.1 Å². The Labute approximate surface area is 221 Å². The van der Waals surface area contributed by atoms with Crippen LogP contribution in [0.5, 0.6) is 0 Å². The van der Waals surface area contributed by atoms with Gasteiger partial charge in [-0.2, -0.15) is 17.5 Å². The SMILES string of the molecule is COCc1nc(Nc2ccc(S(=O)(=O)N3CCOCC3)cc2)c2ccc(-c3ncccc3C(F)(F)F)nc2n1. The van der Waals surface area contributed by atoms with Gasteiger partial charge in [-0.25, -0.2) is 23.4 Å². The number of fused-ring (bicyclic) bond motifs is 1. The van der Waals surface area contributed by atoms with Crippen molar-refractivity contribution < 1.29 is 31.1 Å². The summed E-state index contributed by atoms with van der Waals surface area (Å²) in [6.45, 7) is 1.30. The zero-order valence-corrected chi connectivity index (χ0v) is 21.5. The molecule has 0 unspecified atom stereocenters. The van der Waals surface area contributed by atoms with Crippen LogP contribution < -0.4 is 5.32 Å². The molecule has 4 heterocycles. The molecule has 5 rings (SSSR count). The third-order valence-electron chi connectivity index (χ3n) is 5.96. The van der Waals surface area contributed by atoms with E-state index in [0.29, 0.717) is 30.1 Å². The summed E-state index contributed by atoms with van der Waals surface area (Å²) >= 11 is 0. The van der Waals surface area contributed by atoms with E-state index in [1.807, 2.05) is 0 Å². The highest BCUT2D eigenvalue weighted by Gasteiger charge is 2.34. The molecular weight excluding hydrogens is 537 g/mol. The van der Waals surface area contributed by atoms with Gasteiger partial charge in [0.25, 0.3) is 0 Å². The van der Waals surface area contributed by atoms with Crippen LogP contribution >= 0.6 is 0 Å². The average Bonchev–Trinajstić information content (AvgIpc) is 2.93. The summed E-state index contributed by atoms with van der Waals surface area (Å²) in [7, 11) is -2.20. The van der Waals surface area contributed by atoms with Gasteiger partial charge < -0.3 is 14.8 Å². The van der Waals surface area contributed by atoms with Gasteiger partial charge in [0.1, 0.15) is 18.1 Å². The molecule has 3 aromatic heterocycles. The number of methoxy groups -OCH3 is 1. The van der Waals surface area contributed by atoms with Gasteiger partial charge in [0.15, 0.2) is 11.5 Å². The first-order valence-corrected chi connectivity index (χ1v) is 13.2. The predicted molar refractivity (Wildman–Crippen MR) is 136 cm³/mol. The van der Waals surface area contributed by atoms with Crippen molar-refractivity contribution in [2.24, 2.45) is 0 Å². The number of nitrogens with zero attached hydrogens (tertiary/aromatic N) is 5. The summed E-state index contributed by atoms with van der Waals surface area (Å²) in [5.74, 6) is 0.577. The molecule has 0 amide bonds. The van der Waals surface area contributed by atoms with Gasteiger partial charge in [-0.1, -0.05) is 0 Å². The lowest BCUT2D eigenvalue weighted by molar-refractivity contribution is -0.137. The highest BCUT2D eigenvalue weighted by atomic mass is 32.2. The summed E-state index contributed by atoms with van der Waals surface area (Å²) in [6, 6.07) is 11.3. The Hall–Kier alpha value is -3.72. The van der Waals surface area contributed by atoms with E-state index < -0.39 is 21.8 Å². The third kappa shape index (κ3) is 5.68. The number of alkyl halides is 3. The van der Waals surface area contributed by atoms with Crippen LogP contribution in [-0.4, -0.2) is 66.1 Å². The van der Waals surface area contributed by atoms with Crippen LogP contribution in [0.2, 0.25) is 0 Å². The number of aromatic nitrogens is 4. The molecule has 39 heavy (non-hydrogen) atoms. The lowest BCUT2D eigenvalue weighted by Gasteiger charge is -2.26. The molecular formula is C25H23F3N6O4S. The van der Waals surface area contributed by atoms with E-state index in [2.05, 4.69) is 25.3 Å². The van der Waals surface area contributed by atoms with Crippen molar-refractivity contribution in [2.75, 3.05) is 38.7 Å². The Bertz CT molecular complexity index is 1590. The van der Waals surface area contributed by atoms with Crippen molar-refractivity contribution >= 4 is 32.6 Å². The maximum atomic E-state index is 13.6. The van der Waals surface area contributed by atoms with Crippen LogP contribution in [0.15, 0.2) is 59.6 Å². The van der Waals surface area contributed by atoms with Crippen LogP contribution in [-0.2, 0) is 32.3 Å². The molecule has 1 N–H and O–H groups in total. The minimum absolute atomic E-state index is 0.00103. The second-order valence-electron chi connectivity index (χ2n) is 8.55. The first-order chi connectivity index (χ1) is 18.7. The van der Waals surface area contributed by atoms with Crippen molar-refractivity contribution in [3.05, 3.63) is 66.1 Å². The molecule has 1 aliphatic heterocycles. The van der Waals surface area contributed by atoms with Crippen molar-refractivity contribution in [3.63, 3.8) is 0 Å². The summed E-state index contributed by atoms with van der Waals surface area (Å²) in [4.78, 5) is 17.2. The zero-order chi connectivity index (χ0) is 27.6. The minimum atomic E-state index is -4.61. The maximum Gasteiger partial charge on any atom is 0.418 e. The number of benzene rings is 1. The van der Waals surface area contributed by atoms with E-state index in [1.54, 1.807) is 18.2 Å². The molecule has 0 radical (unpaired) electrons. The maximum absolute atomic E-state index is 13.6. The first-order valence-electron chi connectivity index (χ1n) is 11.8. The van der Waals surface area contributed by atoms with Gasteiger partial charge in [0.05, 0.1) is 34.8 Å². The number of hydrogen-bond acceptors (Lipinski definition) is 9. The molecule has 1 aliphatic rings. The van der Waals surface area contributed by atoms with Gasteiger partial charge in [-0.3, -0.25) is 4.98 Å². The summed E-state index contributed by atoms with van der Waals surface area (Å²) in [5, 5.41) is 3.57. The minimum Gasteiger partial charge on any atom is -0.379 e. The standard InChI is InChI=1S/C25H23F3N6O4S/c1-37-15-21-32-23(30-16-4-6-17(7-5-16)39(35,36)34-11-13-38-14-12-34)18-8-9-20(31-24(18)33-21)22-19(25(26,27)28)3-2-10-29-22/h2-10H,11-15H2,1H3,(H,30,31,32,33). The summed E-state index contributed by atoms with van der Waals surface area (Å²) in [6.07, 6.45) is -3.34. The molecule has 1 fully saturated rings. The molecule has 0 spiro atoms. The van der Waals surface area contributed by atoms with Gasteiger partial charge in [0.2, 0.25) is 10.0 Å². The fraction of sp³-hybridized carbons (Fsp3) is 0.280. The third-order valence-corrected chi connectivity index (χ3v) is 7.87. The number of sulfonamides is 1. The van der Waals surface area contributed by atoms with Crippen molar-refractivity contribution in [1.82, 2.24) is 24.2 Å². The molecule has 204 valence electrons. The topological polar surface area (TPSA) is 119 Å². The van der Waals surface area contributed by atoms with Crippen molar-refractivity contribution in [3.8, 4) is 11.4 Å². The van der Waals surface area contributed by atoms with E-state index >= 15 is 0 Å². The average molecular weight is 561 g/mol. The number of morpholine rings is 1. The van der Waals surface area contributed by atoms with Crippen molar-refractivity contribution in [1.29, 1.82) is 0 Å². The summed E-state index contributed by atoms with van der Waals surface area (Å²) < 4.78 is 78.3. The van der Waals surface area contributed by atoms with Gasteiger partial charge >= 0.3 is 6.18 Å². The normalized spacial score (nSPS) is 15.0. The van der Waals surface area contributed by atoms with E-state index in [-0.39, 0.29) is 47.5 Å². The Balaban J connectivity index is 1.49. The predicted octanol–water partition coefficient (Wildman–Crippen LogP) is 4.02. The number of hydrogen-bond donors (Lipinski definition) is 1. The molecule has 4 aromatic rings. The smallest absolute Gasteiger partial charge is 0.379 e. The zero-order valence-electron chi connectivity index (χ0n) is 20.6. The molecule has 1 aromatic carbocycles. The highest BCUT2D eigenvalue weighted by Crippen LogP contribution is 2.36. The Morgan fingerprint density at radius 3 is 2.46 bits per heavy atom. The van der Waals surface area contributed by atoms with Crippen LogP contribution in [0.25, 0.3) is 22.4 Å². The lowest BCUT2D eigenvalue weighted by Crippen LogP contribution is -2.40. The van der Waals surface area contributed by atoms with Gasteiger partial charge in [-0.05, 0) is 48.5 Å². The quantitative estimate of drug-likeness (QED) is 0.357. The molecule has 0 aliphatic carbocycles. The number of halogens is 3. The molecule has 10 nitrogen and oxygen atoms in total. The molecule has 0 bridgehead atoms. The first kappa shape index (κ1) is 26.9. The van der Waals surface area contributed by atoms with Crippen LogP contribution in [0.1, 0.15) is 11.4 Å². The van der Waals surface area contributed by atoms with E-state index in [4.69, 9.17) is 9.47 Å². The highest BCUT2D eigenvalue weighted by molar-refractivity contribution is 7.89. The Morgan fingerprint density at radius 1 is 1.03 bits per heavy atom. The largest absolute Gasteiger partial charge is 0.418 e. The monoisotopic (exact) mass is 560 g/mol. The number of anilines is 2. The fourth-order valence-corrected chi connectivity index (χ4v) is 5.50. The molecule has 1 saturated heterocycles. The molecule has 0 atom stereocenters. The number of ether oxygens (including phenoxy) is 2. The second kappa shape index (κ2) is 10.8.